The van der Waals surface area contributed by atoms with Crippen LogP contribution in [0.15, 0.2) is 42.7 Å². The van der Waals surface area contributed by atoms with Gasteiger partial charge in [0.25, 0.3) is 5.91 Å². The summed E-state index contributed by atoms with van der Waals surface area (Å²) in [4.78, 5) is 20.8. The van der Waals surface area contributed by atoms with E-state index in [9.17, 15) is 4.79 Å². The highest BCUT2D eigenvalue weighted by Gasteiger charge is 2.42. The third-order valence-electron chi connectivity index (χ3n) is 9.01. The van der Waals surface area contributed by atoms with Crippen LogP contribution in [0.25, 0.3) is 0 Å². The standard InChI is InChI=1S/C33H45N7O3/c1-39-23-35-38-31(39)18-33(21-42-22-33)26-7-6-8-27(17-26)36-32(41)30-16-24(15-29(37-30)25-9-10-25)19-40-13-11-28(20-40)43-14-5-3-2-4-12-34/h6-8,15-17,23,25,28H,2-5,9-14,18-22,34H2,1H3,(H,36,41)/t28-/m0/s1. The Bertz CT molecular complexity index is 1380. The Labute approximate surface area is 254 Å². The van der Waals surface area contributed by atoms with Crippen molar-refractivity contribution in [2.45, 2.75) is 75.3 Å². The van der Waals surface area contributed by atoms with E-state index < -0.39 is 0 Å². The smallest absolute Gasteiger partial charge is 0.274 e. The Morgan fingerprint density at radius 2 is 2.00 bits per heavy atom. The number of amides is 1. The Balaban J connectivity index is 1.09. The number of nitrogens with zero attached hydrogens (tertiary/aromatic N) is 5. The van der Waals surface area contributed by atoms with E-state index in [2.05, 4.69) is 38.6 Å². The SMILES string of the molecule is Cn1cnnc1CC1(c2cccc(NC(=O)c3cc(CN4CC[C@H](OCCCCCCN)C4)cc(C4CC4)n3)c2)COC1. The van der Waals surface area contributed by atoms with Crippen molar-refractivity contribution in [1.29, 1.82) is 0 Å². The molecule has 4 heterocycles. The minimum Gasteiger partial charge on any atom is -0.379 e. The average molecular weight is 588 g/mol. The van der Waals surface area contributed by atoms with E-state index in [0.717, 1.165) is 99.6 Å². The maximum Gasteiger partial charge on any atom is 0.274 e. The van der Waals surface area contributed by atoms with E-state index in [1.54, 1.807) is 6.33 Å². The number of nitrogens with one attached hydrogen (secondary N) is 1. The van der Waals surface area contributed by atoms with Crippen molar-refractivity contribution in [3.8, 4) is 0 Å². The fourth-order valence-corrected chi connectivity index (χ4v) is 6.20. The molecular formula is C33H45N7O3. The lowest BCUT2D eigenvalue weighted by atomic mass is 9.75. The molecule has 1 aliphatic carbocycles. The minimum atomic E-state index is -0.180. The molecule has 0 unspecified atom stereocenters. The van der Waals surface area contributed by atoms with E-state index in [-0.39, 0.29) is 17.4 Å². The van der Waals surface area contributed by atoms with Crippen molar-refractivity contribution in [3.05, 3.63) is 71.1 Å². The van der Waals surface area contributed by atoms with E-state index >= 15 is 0 Å². The summed E-state index contributed by atoms with van der Waals surface area (Å²) in [6, 6.07) is 12.3. The molecular weight excluding hydrogens is 542 g/mol. The molecule has 2 saturated heterocycles. The van der Waals surface area contributed by atoms with Gasteiger partial charge < -0.3 is 25.1 Å². The second kappa shape index (κ2) is 13.6. The molecule has 3 aliphatic rings. The highest BCUT2D eigenvalue weighted by molar-refractivity contribution is 6.03. The van der Waals surface area contributed by atoms with Crippen molar-refractivity contribution in [2.24, 2.45) is 12.8 Å². The number of benzene rings is 1. The van der Waals surface area contributed by atoms with E-state index in [1.165, 1.54) is 12.8 Å². The lowest BCUT2D eigenvalue weighted by molar-refractivity contribution is -0.0610. The van der Waals surface area contributed by atoms with Crippen LogP contribution in [-0.4, -0.2) is 76.1 Å². The number of carbonyl (C=O) groups excluding carboxylic acids is 1. The number of hydrogen-bond donors (Lipinski definition) is 2. The number of aromatic nitrogens is 4. The number of anilines is 1. The summed E-state index contributed by atoms with van der Waals surface area (Å²) < 4.78 is 13.8. The number of carbonyl (C=O) groups is 1. The monoisotopic (exact) mass is 587 g/mol. The Kier molecular flexibility index (Phi) is 9.47. The van der Waals surface area contributed by atoms with Crippen LogP contribution in [0.4, 0.5) is 5.69 Å². The molecule has 230 valence electrons. The van der Waals surface area contributed by atoms with E-state index in [0.29, 0.717) is 24.8 Å². The molecule has 3 aromatic rings. The Morgan fingerprint density at radius 1 is 1.14 bits per heavy atom. The van der Waals surface area contributed by atoms with Crippen LogP contribution in [0.1, 0.15) is 84.0 Å². The predicted octanol–water partition coefficient (Wildman–Crippen LogP) is 3.96. The zero-order valence-corrected chi connectivity index (χ0v) is 25.3. The fourth-order valence-electron chi connectivity index (χ4n) is 6.20. The number of hydrogen-bond acceptors (Lipinski definition) is 8. The molecule has 2 aromatic heterocycles. The molecule has 3 N–H and O–H groups in total. The number of rotatable bonds is 15. The van der Waals surface area contributed by atoms with Crippen molar-refractivity contribution in [1.82, 2.24) is 24.6 Å². The maximum absolute atomic E-state index is 13.5. The van der Waals surface area contributed by atoms with Crippen LogP contribution in [0.5, 0.6) is 0 Å². The van der Waals surface area contributed by atoms with Crippen LogP contribution in [0.2, 0.25) is 0 Å². The number of nitrogens with two attached hydrogens (primary N) is 1. The number of pyridine rings is 1. The van der Waals surface area contributed by atoms with Crippen molar-refractivity contribution >= 4 is 11.6 Å². The number of aryl methyl sites for hydroxylation is 1. The average Bonchev–Trinajstić information content (AvgIpc) is 3.63. The summed E-state index contributed by atoms with van der Waals surface area (Å²) in [5.41, 5.74) is 9.96. The minimum absolute atomic E-state index is 0.176. The van der Waals surface area contributed by atoms with Crippen molar-refractivity contribution in [2.75, 3.05) is 44.8 Å². The molecule has 0 bridgehead atoms. The molecule has 1 atom stereocenters. The fraction of sp³-hybridized carbons (Fsp3) is 0.576. The summed E-state index contributed by atoms with van der Waals surface area (Å²) in [5.74, 6) is 1.20. The normalized spacial score (nSPS) is 19.8. The van der Waals surface area contributed by atoms with Gasteiger partial charge in [-0.3, -0.25) is 9.69 Å². The first-order chi connectivity index (χ1) is 21.0. The van der Waals surface area contributed by atoms with Crippen LogP contribution in [0, 0.1) is 0 Å². The summed E-state index contributed by atoms with van der Waals surface area (Å²) in [6.07, 6.45) is 10.6. The van der Waals surface area contributed by atoms with E-state index in [4.69, 9.17) is 20.2 Å². The number of likely N-dealkylation sites (tertiary alicyclic amines) is 1. The van der Waals surface area contributed by atoms with Gasteiger partial charge in [0.05, 0.1) is 19.3 Å². The summed E-state index contributed by atoms with van der Waals surface area (Å²) in [6.45, 7) is 5.56. The van der Waals surface area contributed by atoms with Gasteiger partial charge in [-0.25, -0.2) is 4.98 Å². The van der Waals surface area contributed by atoms with Crippen LogP contribution >= 0.6 is 0 Å². The van der Waals surface area contributed by atoms with Crippen LogP contribution in [-0.2, 0) is 34.9 Å². The van der Waals surface area contributed by atoms with Gasteiger partial charge in [0.15, 0.2) is 0 Å². The zero-order chi connectivity index (χ0) is 29.6. The van der Waals surface area contributed by atoms with Crippen molar-refractivity contribution < 1.29 is 14.3 Å². The molecule has 1 amide bonds. The first kappa shape index (κ1) is 29.9. The third kappa shape index (κ3) is 7.49. The largest absolute Gasteiger partial charge is 0.379 e. The molecule has 2 aliphatic heterocycles. The molecule has 1 saturated carbocycles. The van der Waals surface area contributed by atoms with Crippen LogP contribution in [0.3, 0.4) is 0 Å². The third-order valence-corrected chi connectivity index (χ3v) is 9.01. The maximum atomic E-state index is 13.5. The van der Waals surface area contributed by atoms with Crippen molar-refractivity contribution in [3.63, 3.8) is 0 Å². The lowest BCUT2D eigenvalue weighted by Gasteiger charge is -2.41. The van der Waals surface area contributed by atoms with Gasteiger partial charge in [0.1, 0.15) is 17.8 Å². The predicted molar refractivity (Wildman–Crippen MR) is 165 cm³/mol. The Morgan fingerprint density at radius 3 is 2.74 bits per heavy atom. The summed E-state index contributed by atoms with van der Waals surface area (Å²) >= 11 is 0. The summed E-state index contributed by atoms with van der Waals surface area (Å²) in [5, 5.41) is 11.4. The van der Waals surface area contributed by atoms with E-state index in [1.807, 2.05) is 29.8 Å². The summed E-state index contributed by atoms with van der Waals surface area (Å²) in [7, 11) is 1.96. The highest BCUT2D eigenvalue weighted by atomic mass is 16.5. The number of ether oxygens (including phenoxy) is 2. The second-order valence-electron chi connectivity index (χ2n) is 12.6. The first-order valence-corrected chi connectivity index (χ1v) is 15.9. The second-order valence-corrected chi connectivity index (χ2v) is 12.6. The highest BCUT2D eigenvalue weighted by Crippen LogP contribution is 2.40. The quantitative estimate of drug-likeness (QED) is 0.257. The lowest BCUT2D eigenvalue weighted by Crippen LogP contribution is -2.49. The topological polar surface area (TPSA) is 120 Å². The molecule has 0 radical (unpaired) electrons. The van der Waals surface area contributed by atoms with Gasteiger partial charge in [-0.2, -0.15) is 0 Å². The van der Waals surface area contributed by atoms with Gasteiger partial charge in [-0.05, 0) is 74.0 Å². The first-order valence-electron chi connectivity index (χ1n) is 15.9. The van der Waals surface area contributed by atoms with Gasteiger partial charge in [-0.15, -0.1) is 10.2 Å². The molecule has 0 spiro atoms. The molecule has 10 nitrogen and oxygen atoms in total. The van der Waals surface area contributed by atoms with Gasteiger partial charge >= 0.3 is 0 Å². The molecule has 6 rings (SSSR count). The number of unbranched alkanes of at least 4 members (excludes halogenated alkanes) is 3. The molecule has 1 aromatic carbocycles. The van der Waals surface area contributed by atoms with Gasteiger partial charge in [0, 0.05) is 62.4 Å². The Hall–Kier alpha value is -3.18. The van der Waals surface area contributed by atoms with Gasteiger partial charge in [-0.1, -0.05) is 25.0 Å². The molecule has 43 heavy (non-hydrogen) atoms. The molecule has 10 heteroatoms. The van der Waals surface area contributed by atoms with Crippen LogP contribution < -0.4 is 11.1 Å². The zero-order valence-electron chi connectivity index (χ0n) is 25.3. The molecule has 3 fully saturated rings. The van der Waals surface area contributed by atoms with Gasteiger partial charge in [0.2, 0.25) is 0 Å².